The molecular weight excluding hydrogens is 320 g/mol. The van der Waals surface area contributed by atoms with Crippen LogP contribution in [0.5, 0.6) is 0 Å². The summed E-state index contributed by atoms with van der Waals surface area (Å²) in [6.45, 7) is 7.56. The van der Waals surface area contributed by atoms with E-state index in [1.807, 2.05) is 0 Å². The van der Waals surface area contributed by atoms with Gasteiger partial charge in [0.1, 0.15) is 16.6 Å². The summed E-state index contributed by atoms with van der Waals surface area (Å²) in [7, 11) is 0. The summed E-state index contributed by atoms with van der Waals surface area (Å²) >= 11 is 6.09. The van der Waals surface area contributed by atoms with Crippen molar-refractivity contribution in [3.63, 3.8) is 0 Å². The molecule has 23 heavy (non-hydrogen) atoms. The number of carbonyl (C=O) groups is 1. The van der Waals surface area contributed by atoms with Gasteiger partial charge >= 0.3 is 6.09 Å². The highest BCUT2D eigenvalue weighted by Gasteiger charge is 2.17. The molecule has 1 unspecified atom stereocenters. The molecule has 1 aromatic heterocycles. The number of hydrogen-bond donors (Lipinski definition) is 2. The van der Waals surface area contributed by atoms with E-state index >= 15 is 0 Å². The molecule has 1 heterocycles. The number of nitrogens with zero attached hydrogens (tertiary/aromatic N) is 3. The molecule has 0 bridgehead atoms. The van der Waals surface area contributed by atoms with Crippen LogP contribution in [0.15, 0.2) is 12.1 Å². The summed E-state index contributed by atoms with van der Waals surface area (Å²) < 4.78 is 5.20. The van der Waals surface area contributed by atoms with Gasteiger partial charge in [0.05, 0.1) is 12.6 Å². The molecule has 0 aliphatic carbocycles. The third-order valence-corrected chi connectivity index (χ3v) is 3.04. The van der Waals surface area contributed by atoms with Gasteiger partial charge in [-0.25, -0.2) is 4.79 Å². The van der Waals surface area contributed by atoms with Gasteiger partial charge in [-0.15, -0.1) is 0 Å². The monoisotopic (exact) mass is 340 g/mol. The second-order valence-corrected chi connectivity index (χ2v) is 6.83. The Morgan fingerprint density at radius 2 is 2.13 bits per heavy atom. The number of fused-ring (bicyclic) bond motifs is 1. The van der Waals surface area contributed by atoms with Crippen molar-refractivity contribution in [2.24, 2.45) is 0 Å². The number of halogens is 1. The van der Waals surface area contributed by atoms with Crippen LogP contribution in [-0.2, 0) is 17.8 Å². The molecule has 0 aliphatic rings. The van der Waals surface area contributed by atoms with Gasteiger partial charge in [-0.1, -0.05) is 11.6 Å². The molecule has 126 valence electrons. The fourth-order valence-electron chi connectivity index (χ4n) is 2.03. The highest BCUT2D eigenvalue weighted by molar-refractivity contribution is 6.31. The lowest BCUT2D eigenvalue weighted by Gasteiger charge is -2.19. The minimum atomic E-state index is -0.561. The van der Waals surface area contributed by atoms with E-state index in [9.17, 15) is 9.90 Å². The van der Waals surface area contributed by atoms with Gasteiger partial charge < -0.3 is 15.2 Å². The molecule has 0 spiro atoms. The van der Waals surface area contributed by atoms with Gasteiger partial charge in [-0.3, -0.25) is 0 Å². The largest absolute Gasteiger partial charge is 0.444 e. The molecule has 1 atom stereocenters. The molecule has 2 rings (SSSR count). The lowest BCUT2D eigenvalue weighted by molar-refractivity contribution is 0.0524. The summed E-state index contributed by atoms with van der Waals surface area (Å²) in [5.41, 5.74) is 1.41. The molecule has 7 nitrogen and oxygen atoms in total. The summed E-state index contributed by atoms with van der Waals surface area (Å²) in [4.78, 5) is 13.2. The fourth-order valence-corrected chi connectivity index (χ4v) is 2.26. The number of amides is 1. The molecular formula is C15H21ClN4O3. The second kappa shape index (κ2) is 6.72. The van der Waals surface area contributed by atoms with Crippen molar-refractivity contribution in [2.45, 2.75) is 52.5 Å². The maximum absolute atomic E-state index is 11.8. The first kappa shape index (κ1) is 17.5. The van der Waals surface area contributed by atoms with E-state index in [2.05, 4.69) is 15.5 Å². The highest BCUT2D eigenvalue weighted by Crippen LogP contribution is 2.21. The molecule has 0 saturated carbocycles. The van der Waals surface area contributed by atoms with Gasteiger partial charge in [0.25, 0.3) is 0 Å². The first-order chi connectivity index (χ1) is 10.6. The number of hydrogen-bond acceptors (Lipinski definition) is 5. The molecule has 0 radical (unpaired) electrons. The maximum atomic E-state index is 11.8. The number of aliphatic hydroxyl groups excluding tert-OH is 1. The Labute approximate surface area is 139 Å². The van der Waals surface area contributed by atoms with Gasteiger partial charge in [-0.2, -0.15) is 15.0 Å². The van der Waals surface area contributed by atoms with Crippen LogP contribution in [-0.4, -0.2) is 37.9 Å². The van der Waals surface area contributed by atoms with E-state index < -0.39 is 17.8 Å². The zero-order valence-corrected chi connectivity index (χ0v) is 14.4. The average Bonchev–Trinajstić information content (AvgIpc) is 2.74. The van der Waals surface area contributed by atoms with Gasteiger partial charge in [0.15, 0.2) is 0 Å². The number of nitrogens with one attached hydrogen (secondary N) is 1. The van der Waals surface area contributed by atoms with Crippen molar-refractivity contribution in [3.05, 3.63) is 22.7 Å². The van der Waals surface area contributed by atoms with Crippen LogP contribution in [0.3, 0.4) is 0 Å². The minimum absolute atomic E-state index is 0.222. The molecule has 0 saturated heterocycles. The molecule has 2 N–H and O–H groups in total. The van der Waals surface area contributed by atoms with Crippen molar-refractivity contribution in [3.8, 4) is 0 Å². The smallest absolute Gasteiger partial charge is 0.407 e. The number of aromatic nitrogens is 3. The number of benzene rings is 1. The Kier molecular flexibility index (Phi) is 5.11. The molecule has 2 aromatic rings. The van der Waals surface area contributed by atoms with Crippen molar-refractivity contribution in [1.29, 1.82) is 0 Å². The summed E-state index contributed by atoms with van der Waals surface area (Å²) in [5.74, 6) is 0. The summed E-state index contributed by atoms with van der Waals surface area (Å²) in [6, 6.07) is 3.42. The lowest BCUT2D eigenvalue weighted by atomic mass is 10.2. The van der Waals surface area contributed by atoms with Crippen LogP contribution in [0.25, 0.3) is 11.0 Å². The molecule has 0 fully saturated rings. The molecule has 1 amide bonds. The van der Waals surface area contributed by atoms with E-state index in [1.54, 1.807) is 39.8 Å². The highest BCUT2D eigenvalue weighted by atomic mass is 35.5. The predicted molar refractivity (Wildman–Crippen MR) is 87.3 cm³/mol. The SMILES string of the molecule is CC(O)Cn1nc2cc(Cl)cc(CNC(=O)OC(C)(C)C)c2n1. The van der Waals surface area contributed by atoms with Crippen LogP contribution in [0.2, 0.25) is 5.02 Å². The first-order valence-corrected chi connectivity index (χ1v) is 7.70. The predicted octanol–water partition coefficient (Wildman–Crippen LogP) is 2.49. The summed E-state index contributed by atoms with van der Waals surface area (Å²) in [5, 5.41) is 21.2. The second-order valence-electron chi connectivity index (χ2n) is 6.39. The molecule has 8 heteroatoms. The Morgan fingerprint density at radius 1 is 1.43 bits per heavy atom. The van der Waals surface area contributed by atoms with Crippen LogP contribution in [0, 0.1) is 0 Å². The summed E-state index contributed by atoms with van der Waals surface area (Å²) in [6.07, 6.45) is -1.07. The van der Waals surface area contributed by atoms with E-state index in [-0.39, 0.29) is 13.1 Å². The topological polar surface area (TPSA) is 89.3 Å². The van der Waals surface area contributed by atoms with Crippen LogP contribution < -0.4 is 5.32 Å². The standard InChI is InChI=1S/C15H21ClN4O3/c1-9(21)8-20-18-12-6-11(16)5-10(13(12)19-20)7-17-14(22)23-15(2,3)4/h5-6,9,21H,7-8H2,1-4H3,(H,17,22). The number of carbonyl (C=O) groups excluding carboxylic acids is 1. The van der Waals surface area contributed by atoms with Crippen molar-refractivity contribution < 1.29 is 14.6 Å². The van der Waals surface area contributed by atoms with Crippen molar-refractivity contribution >= 4 is 28.7 Å². The van der Waals surface area contributed by atoms with Crippen LogP contribution in [0.4, 0.5) is 4.79 Å². The van der Waals surface area contributed by atoms with Gasteiger partial charge in [0, 0.05) is 17.1 Å². The lowest BCUT2D eigenvalue weighted by Crippen LogP contribution is -2.32. The quantitative estimate of drug-likeness (QED) is 0.892. The third-order valence-electron chi connectivity index (χ3n) is 2.82. The number of ether oxygens (including phenoxy) is 1. The fraction of sp³-hybridized carbons (Fsp3) is 0.533. The Balaban J connectivity index is 2.19. The minimum Gasteiger partial charge on any atom is -0.444 e. The zero-order valence-electron chi connectivity index (χ0n) is 13.6. The van der Waals surface area contributed by atoms with Crippen molar-refractivity contribution in [2.75, 3.05) is 0 Å². The maximum Gasteiger partial charge on any atom is 0.407 e. The normalized spacial score (nSPS) is 13.1. The van der Waals surface area contributed by atoms with E-state index in [1.165, 1.54) is 4.80 Å². The number of alkyl carbamates (subject to hydrolysis) is 1. The molecule has 0 aliphatic heterocycles. The van der Waals surface area contributed by atoms with Crippen molar-refractivity contribution in [1.82, 2.24) is 20.3 Å². The Morgan fingerprint density at radius 3 is 2.74 bits per heavy atom. The van der Waals surface area contributed by atoms with E-state index in [0.717, 1.165) is 5.56 Å². The Hall–Kier alpha value is -1.86. The number of rotatable bonds is 4. The first-order valence-electron chi connectivity index (χ1n) is 7.32. The van der Waals surface area contributed by atoms with E-state index in [4.69, 9.17) is 16.3 Å². The Bertz CT molecular complexity index is 707. The molecule has 1 aromatic carbocycles. The van der Waals surface area contributed by atoms with Gasteiger partial charge in [0.2, 0.25) is 0 Å². The average molecular weight is 341 g/mol. The number of aliphatic hydroxyl groups is 1. The third kappa shape index (κ3) is 5.07. The van der Waals surface area contributed by atoms with Crippen LogP contribution in [0.1, 0.15) is 33.3 Å². The van der Waals surface area contributed by atoms with Gasteiger partial charge in [-0.05, 0) is 39.8 Å². The van der Waals surface area contributed by atoms with E-state index in [0.29, 0.717) is 16.1 Å². The zero-order chi connectivity index (χ0) is 17.2. The van der Waals surface area contributed by atoms with Crippen LogP contribution >= 0.6 is 11.6 Å².